The molecule has 0 N–H and O–H groups in total. The Morgan fingerprint density at radius 1 is 0.909 bits per heavy atom. The highest BCUT2D eigenvalue weighted by Gasteiger charge is 2.34. The third-order valence-corrected chi connectivity index (χ3v) is 9.06. The van der Waals surface area contributed by atoms with E-state index in [1.165, 1.54) is 57.1 Å². The summed E-state index contributed by atoms with van der Waals surface area (Å²) >= 11 is 0. The fourth-order valence-electron chi connectivity index (χ4n) is 6.69. The summed E-state index contributed by atoms with van der Waals surface area (Å²) in [7, 11) is 2.17. The van der Waals surface area contributed by atoms with Crippen LogP contribution in [0.25, 0.3) is 0 Å². The van der Waals surface area contributed by atoms with Gasteiger partial charge in [-0.2, -0.15) is 0 Å². The number of anilines is 1. The summed E-state index contributed by atoms with van der Waals surface area (Å²) < 4.78 is 5.79. The first kappa shape index (κ1) is 24.6. The lowest BCUT2D eigenvalue weighted by atomic mass is 9.67. The zero-order chi connectivity index (χ0) is 23.2. The van der Waals surface area contributed by atoms with E-state index >= 15 is 0 Å². The first-order valence-corrected chi connectivity index (χ1v) is 13.8. The van der Waals surface area contributed by atoms with Gasteiger partial charge >= 0.3 is 5.97 Å². The number of likely N-dealkylation sites (N-methyl/N-ethyl adjacent to an activating group) is 1. The highest BCUT2D eigenvalue weighted by atomic mass is 16.5. The van der Waals surface area contributed by atoms with Crippen molar-refractivity contribution in [3.63, 3.8) is 0 Å². The molecule has 1 atom stereocenters. The minimum atomic E-state index is -0.0158. The van der Waals surface area contributed by atoms with Gasteiger partial charge in [-0.3, -0.25) is 4.79 Å². The molecule has 1 unspecified atom stereocenters. The predicted molar refractivity (Wildman–Crippen MR) is 137 cm³/mol. The average Bonchev–Trinajstić information content (AvgIpc) is 2.85. The number of nitrogens with zero attached hydrogens (tertiary/aromatic N) is 2. The molecule has 1 heterocycles. The van der Waals surface area contributed by atoms with Gasteiger partial charge in [0.05, 0.1) is 5.92 Å². The Morgan fingerprint density at radius 3 is 2.06 bits per heavy atom. The van der Waals surface area contributed by atoms with Crippen LogP contribution >= 0.6 is 0 Å². The van der Waals surface area contributed by atoms with Crippen LogP contribution in [0.1, 0.15) is 78.1 Å². The first-order valence-electron chi connectivity index (χ1n) is 13.8. The maximum absolute atomic E-state index is 12.8. The molecule has 0 spiro atoms. The Kier molecular flexibility index (Phi) is 8.73. The second-order valence-corrected chi connectivity index (χ2v) is 11.3. The van der Waals surface area contributed by atoms with Crippen LogP contribution in [0.5, 0.6) is 5.75 Å². The normalized spacial score (nSPS) is 30.1. The molecule has 4 nitrogen and oxygen atoms in total. The Balaban J connectivity index is 1.19. The summed E-state index contributed by atoms with van der Waals surface area (Å²) in [5.74, 6) is 4.35. The number of esters is 1. The van der Waals surface area contributed by atoms with E-state index in [2.05, 4.69) is 42.8 Å². The molecule has 0 bridgehead atoms. The highest BCUT2D eigenvalue weighted by molar-refractivity contribution is 5.75. The van der Waals surface area contributed by atoms with Crippen molar-refractivity contribution < 1.29 is 9.53 Å². The van der Waals surface area contributed by atoms with E-state index in [1.807, 2.05) is 12.1 Å². The molecule has 3 fully saturated rings. The number of piperazine rings is 1. The van der Waals surface area contributed by atoms with Gasteiger partial charge in [0.2, 0.25) is 0 Å². The minimum absolute atomic E-state index is 0.0158. The lowest BCUT2D eigenvalue weighted by Crippen LogP contribution is -2.44. The minimum Gasteiger partial charge on any atom is -0.426 e. The number of carbonyl (C=O) groups excluding carboxylic acids is 1. The van der Waals surface area contributed by atoms with Gasteiger partial charge in [0.1, 0.15) is 5.75 Å². The van der Waals surface area contributed by atoms with Crippen LogP contribution in [-0.4, -0.2) is 44.1 Å². The summed E-state index contributed by atoms with van der Waals surface area (Å²) in [5, 5.41) is 0. The molecule has 4 heteroatoms. The van der Waals surface area contributed by atoms with Crippen molar-refractivity contribution in [1.29, 1.82) is 0 Å². The third kappa shape index (κ3) is 6.53. The molecule has 1 aromatic rings. The smallest absolute Gasteiger partial charge is 0.314 e. The SMILES string of the molecule is CCCC(C)C1CCC(C2CCC(C(=O)Oc3ccc(N4CCN(C)CC4)cc3)CC2)CC1. The molecule has 2 aliphatic carbocycles. The van der Waals surface area contributed by atoms with Gasteiger partial charge < -0.3 is 14.5 Å². The van der Waals surface area contributed by atoms with Crippen LogP contribution in [0.2, 0.25) is 0 Å². The maximum atomic E-state index is 12.8. The molecule has 184 valence electrons. The van der Waals surface area contributed by atoms with E-state index in [0.29, 0.717) is 5.75 Å². The third-order valence-electron chi connectivity index (χ3n) is 9.06. The van der Waals surface area contributed by atoms with Crippen molar-refractivity contribution in [2.75, 3.05) is 38.1 Å². The Morgan fingerprint density at radius 2 is 1.48 bits per heavy atom. The van der Waals surface area contributed by atoms with Gasteiger partial charge in [-0.15, -0.1) is 0 Å². The molecular weight excluding hydrogens is 408 g/mol. The van der Waals surface area contributed by atoms with E-state index in [0.717, 1.165) is 62.7 Å². The molecule has 4 rings (SSSR count). The topological polar surface area (TPSA) is 32.8 Å². The van der Waals surface area contributed by atoms with Crippen molar-refractivity contribution in [3.05, 3.63) is 24.3 Å². The lowest BCUT2D eigenvalue weighted by molar-refractivity contribution is -0.140. The van der Waals surface area contributed by atoms with E-state index in [4.69, 9.17) is 4.74 Å². The largest absolute Gasteiger partial charge is 0.426 e. The van der Waals surface area contributed by atoms with Crippen LogP contribution < -0.4 is 9.64 Å². The van der Waals surface area contributed by atoms with Crippen LogP contribution in [0.4, 0.5) is 5.69 Å². The molecule has 33 heavy (non-hydrogen) atoms. The quantitative estimate of drug-likeness (QED) is 0.353. The maximum Gasteiger partial charge on any atom is 0.314 e. The van der Waals surface area contributed by atoms with Crippen molar-refractivity contribution in [3.8, 4) is 5.75 Å². The van der Waals surface area contributed by atoms with Crippen LogP contribution in [0.3, 0.4) is 0 Å². The molecule has 3 aliphatic rings. The number of hydrogen-bond donors (Lipinski definition) is 0. The zero-order valence-electron chi connectivity index (χ0n) is 21.3. The summed E-state index contributed by atoms with van der Waals surface area (Å²) in [6.45, 7) is 9.08. The molecular formula is C29H46N2O2. The number of carbonyl (C=O) groups is 1. The zero-order valence-corrected chi connectivity index (χ0v) is 21.3. The molecule has 0 amide bonds. The van der Waals surface area contributed by atoms with Crippen LogP contribution in [0, 0.1) is 29.6 Å². The lowest BCUT2D eigenvalue weighted by Gasteiger charge is -2.38. The number of rotatable bonds is 7. The standard InChI is InChI=1S/C29H46N2O2/c1-4-5-22(2)23-6-8-24(9-7-23)25-10-12-26(13-11-25)29(32)33-28-16-14-27(15-17-28)31-20-18-30(3)19-21-31/h14-17,22-26H,4-13,18-21H2,1-3H3. The molecule has 0 radical (unpaired) electrons. The number of benzene rings is 1. The fraction of sp³-hybridized carbons (Fsp3) is 0.759. The first-order chi connectivity index (χ1) is 16.0. The molecule has 0 aromatic heterocycles. The summed E-state index contributed by atoms with van der Waals surface area (Å²) in [4.78, 5) is 17.6. The average molecular weight is 455 g/mol. The van der Waals surface area contributed by atoms with E-state index < -0.39 is 0 Å². The van der Waals surface area contributed by atoms with Crippen molar-refractivity contribution in [2.24, 2.45) is 29.6 Å². The van der Waals surface area contributed by atoms with Gasteiger partial charge in [0, 0.05) is 31.9 Å². The van der Waals surface area contributed by atoms with Gasteiger partial charge in [0.25, 0.3) is 0 Å². The summed E-state index contributed by atoms with van der Waals surface area (Å²) in [6, 6.07) is 8.13. The van der Waals surface area contributed by atoms with Crippen molar-refractivity contribution in [2.45, 2.75) is 78.1 Å². The predicted octanol–water partition coefficient (Wildman–Crippen LogP) is 6.39. The number of ether oxygens (including phenoxy) is 1. The Labute approximate surface area is 202 Å². The Hall–Kier alpha value is -1.55. The second kappa shape index (κ2) is 11.7. The van der Waals surface area contributed by atoms with Crippen LogP contribution in [-0.2, 0) is 4.79 Å². The van der Waals surface area contributed by atoms with Crippen molar-refractivity contribution >= 4 is 11.7 Å². The Bertz CT molecular complexity index is 724. The molecule has 2 saturated carbocycles. The van der Waals surface area contributed by atoms with E-state index in [-0.39, 0.29) is 11.9 Å². The fourth-order valence-corrected chi connectivity index (χ4v) is 6.69. The van der Waals surface area contributed by atoms with Crippen LogP contribution in [0.15, 0.2) is 24.3 Å². The molecule has 1 saturated heterocycles. The van der Waals surface area contributed by atoms with Gasteiger partial charge in [0.15, 0.2) is 0 Å². The monoisotopic (exact) mass is 454 g/mol. The van der Waals surface area contributed by atoms with Gasteiger partial charge in [-0.05, 0) is 106 Å². The summed E-state index contributed by atoms with van der Waals surface area (Å²) in [6.07, 6.45) is 12.8. The molecule has 1 aliphatic heterocycles. The number of hydrogen-bond acceptors (Lipinski definition) is 4. The van der Waals surface area contributed by atoms with Gasteiger partial charge in [-0.25, -0.2) is 0 Å². The second-order valence-electron chi connectivity index (χ2n) is 11.3. The molecule has 1 aromatic carbocycles. The van der Waals surface area contributed by atoms with Gasteiger partial charge in [-0.1, -0.05) is 26.7 Å². The highest BCUT2D eigenvalue weighted by Crippen LogP contribution is 2.43. The summed E-state index contributed by atoms with van der Waals surface area (Å²) in [5.41, 5.74) is 1.22. The van der Waals surface area contributed by atoms with E-state index in [9.17, 15) is 4.79 Å². The van der Waals surface area contributed by atoms with E-state index in [1.54, 1.807) is 0 Å². The van der Waals surface area contributed by atoms with Crippen molar-refractivity contribution in [1.82, 2.24) is 4.90 Å².